The summed E-state index contributed by atoms with van der Waals surface area (Å²) in [5.41, 5.74) is 7.81. The molecule has 4 nitrogen and oxygen atoms in total. The molecule has 0 bridgehead atoms. The summed E-state index contributed by atoms with van der Waals surface area (Å²) in [5.74, 6) is 1.32. The van der Waals surface area contributed by atoms with Crippen molar-refractivity contribution in [3.63, 3.8) is 0 Å². The highest BCUT2D eigenvalue weighted by Gasteiger charge is 2.23. The average Bonchev–Trinajstić information content (AvgIpc) is 2.80. The molecule has 2 N–H and O–H groups in total. The molecule has 0 saturated heterocycles. The van der Waals surface area contributed by atoms with Crippen LogP contribution in [-0.2, 0) is 5.41 Å². The Morgan fingerprint density at radius 1 is 1.14 bits per heavy atom. The summed E-state index contributed by atoms with van der Waals surface area (Å²) < 4.78 is 11.5. The summed E-state index contributed by atoms with van der Waals surface area (Å²) in [4.78, 5) is 4.71. The van der Waals surface area contributed by atoms with Gasteiger partial charge in [-0.25, -0.2) is 4.98 Å². The Balaban J connectivity index is 2.59. The Kier molecular flexibility index (Phi) is 4.49. The summed E-state index contributed by atoms with van der Waals surface area (Å²) in [6.07, 6.45) is 0. The maximum absolute atomic E-state index is 6.16. The number of hydrogen-bond donors (Lipinski definition) is 1. The van der Waals surface area contributed by atoms with Crippen LogP contribution in [-0.4, -0.2) is 19.2 Å². The van der Waals surface area contributed by atoms with E-state index in [4.69, 9.17) is 20.2 Å². The van der Waals surface area contributed by atoms with Crippen LogP contribution in [0.25, 0.3) is 11.3 Å². The van der Waals surface area contributed by atoms with E-state index in [1.807, 2.05) is 12.1 Å². The number of nitrogen functional groups attached to an aromatic ring is 1. The van der Waals surface area contributed by atoms with Gasteiger partial charge in [-0.15, -0.1) is 11.3 Å². The summed E-state index contributed by atoms with van der Waals surface area (Å²) in [6.45, 7) is 6.37. The molecule has 0 aliphatic heterocycles. The van der Waals surface area contributed by atoms with Crippen molar-refractivity contribution in [2.24, 2.45) is 0 Å². The van der Waals surface area contributed by atoms with Crippen molar-refractivity contribution in [1.82, 2.24) is 4.98 Å². The number of thiazole rings is 1. The number of methoxy groups -OCH3 is 2. The maximum Gasteiger partial charge on any atom is 0.161 e. The quantitative estimate of drug-likeness (QED) is 0.865. The minimum atomic E-state index is -0.0277. The third-order valence-corrected chi connectivity index (χ3v) is 4.99. The Bertz CT molecular complexity index is 662. The highest BCUT2D eigenvalue weighted by molar-refractivity contribution is 9.10. The minimum absolute atomic E-state index is 0.0277. The van der Waals surface area contributed by atoms with Crippen LogP contribution in [0.4, 0.5) is 5.00 Å². The second kappa shape index (κ2) is 5.85. The number of nitrogens with two attached hydrogens (primary N) is 1. The lowest BCUT2D eigenvalue weighted by molar-refractivity contribution is 0.355. The smallest absolute Gasteiger partial charge is 0.161 e. The van der Waals surface area contributed by atoms with Gasteiger partial charge >= 0.3 is 0 Å². The van der Waals surface area contributed by atoms with Gasteiger partial charge in [-0.3, -0.25) is 0 Å². The SMILES string of the molecule is COc1cc(Br)c(-c2nc(C(C)(C)C)sc2N)cc1OC. The third-order valence-electron chi connectivity index (χ3n) is 3.02. The van der Waals surface area contributed by atoms with Gasteiger partial charge in [-0.1, -0.05) is 20.8 Å². The summed E-state index contributed by atoms with van der Waals surface area (Å²) in [5, 5.41) is 1.71. The fourth-order valence-corrected chi connectivity index (χ4v) is 3.30. The molecule has 0 amide bonds. The number of rotatable bonds is 3. The Labute approximate surface area is 137 Å². The Hall–Kier alpha value is -1.27. The third kappa shape index (κ3) is 3.16. The number of nitrogens with zero attached hydrogens (tertiary/aromatic N) is 1. The van der Waals surface area contributed by atoms with Gasteiger partial charge in [0.05, 0.1) is 14.2 Å². The number of anilines is 1. The lowest BCUT2D eigenvalue weighted by atomic mass is 9.98. The van der Waals surface area contributed by atoms with E-state index in [2.05, 4.69) is 36.7 Å². The first kappa shape index (κ1) is 16.1. The summed E-state index contributed by atoms with van der Waals surface area (Å²) in [6, 6.07) is 3.75. The van der Waals surface area contributed by atoms with Gasteiger partial charge in [-0.2, -0.15) is 0 Å². The first-order valence-electron chi connectivity index (χ1n) is 6.46. The molecule has 1 heterocycles. The molecule has 0 aliphatic rings. The minimum Gasteiger partial charge on any atom is -0.493 e. The molecule has 6 heteroatoms. The standard InChI is InChI=1S/C15H19BrN2O2S/c1-15(2,3)14-18-12(13(17)21-14)8-6-10(19-4)11(20-5)7-9(8)16/h6-7H,17H2,1-5H3. The molecule has 0 aliphatic carbocycles. The van der Waals surface area contributed by atoms with Gasteiger partial charge in [0.25, 0.3) is 0 Å². The van der Waals surface area contributed by atoms with Gasteiger partial charge in [0.1, 0.15) is 15.7 Å². The van der Waals surface area contributed by atoms with Gasteiger partial charge < -0.3 is 15.2 Å². The first-order valence-corrected chi connectivity index (χ1v) is 8.07. The van der Waals surface area contributed by atoms with Gasteiger partial charge in [-0.05, 0) is 28.1 Å². The number of hydrogen-bond acceptors (Lipinski definition) is 5. The fraction of sp³-hybridized carbons (Fsp3) is 0.400. The lowest BCUT2D eigenvalue weighted by Crippen LogP contribution is -2.10. The highest BCUT2D eigenvalue weighted by atomic mass is 79.9. The molecule has 0 saturated carbocycles. The molecule has 21 heavy (non-hydrogen) atoms. The molecule has 2 aromatic rings. The van der Waals surface area contributed by atoms with Crippen LogP contribution in [0.5, 0.6) is 11.5 Å². The van der Waals surface area contributed by atoms with E-state index >= 15 is 0 Å². The van der Waals surface area contributed by atoms with Gasteiger partial charge in [0, 0.05) is 15.5 Å². The number of aromatic nitrogens is 1. The number of benzene rings is 1. The van der Waals surface area contributed by atoms with E-state index in [-0.39, 0.29) is 5.41 Å². The Morgan fingerprint density at radius 3 is 2.19 bits per heavy atom. The zero-order valence-electron chi connectivity index (χ0n) is 12.8. The highest BCUT2D eigenvalue weighted by Crippen LogP contribution is 2.43. The molecule has 1 aromatic carbocycles. The van der Waals surface area contributed by atoms with Gasteiger partial charge in [0.15, 0.2) is 11.5 Å². The van der Waals surface area contributed by atoms with Crippen LogP contribution in [0, 0.1) is 0 Å². The summed E-state index contributed by atoms with van der Waals surface area (Å²) >= 11 is 5.08. The van der Waals surface area contributed by atoms with Crippen molar-refractivity contribution in [3.05, 3.63) is 21.6 Å². The van der Waals surface area contributed by atoms with Crippen molar-refractivity contribution in [2.45, 2.75) is 26.2 Å². The first-order chi connectivity index (χ1) is 9.77. The lowest BCUT2D eigenvalue weighted by Gasteiger charge is -2.14. The van der Waals surface area contributed by atoms with E-state index in [9.17, 15) is 0 Å². The zero-order chi connectivity index (χ0) is 15.8. The molecule has 114 valence electrons. The molecule has 0 unspecified atom stereocenters. The van der Waals surface area contributed by atoms with E-state index < -0.39 is 0 Å². The molecule has 0 fully saturated rings. The van der Waals surface area contributed by atoms with Crippen LogP contribution < -0.4 is 15.2 Å². The van der Waals surface area contributed by atoms with Crippen LogP contribution >= 0.6 is 27.3 Å². The van der Waals surface area contributed by atoms with Gasteiger partial charge in [0.2, 0.25) is 0 Å². The van der Waals surface area contributed by atoms with Crippen molar-refractivity contribution in [3.8, 4) is 22.8 Å². The molecule has 0 atom stereocenters. The monoisotopic (exact) mass is 370 g/mol. The van der Waals surface area contributed by atoms with Crippen molar-refractivity contribution in [1.29, 1.82) is 0 Å². The van der Waals surface area contributed by atoms with E-state index in [0.717, 1.165) is 20.7 Å². The molecular formula is C15H19BrN2O2S. The van der Waals surface area contributed by atoms with E-state index in [0.29, 0.717) is 16.5 Å². The predicted octanol–water partition coefficient (Wildman–Crippen LogP) is 4.47. The average molecular weight is 371 g/mol. The van der Waals surface area contributed by atoms with Crippen molar-refractivity contribution < 1.29 is 9.47 Å². The van der Waals surface area contributed by atoms with Crippen molar-refractivity contribution >= 4 is 32.3 Å². The molecule has 2 rings (SSSR count). The maximum atomic E-state index is 6.16. The van der Waals surface area contributed by atoms with Crippen LogP contribution in [0.2, 0.25) is 0 Å². The molecular weight excluding hydrogens is 352 g/mol. The second-order valence-corrected chi connectivity index (χ2v) is 7.55. The number of halogens is 1. The predicted molar refractivity (Wildman–Crippen MR) is 91.5 cm³/mol. The zero-order valence-corrected chi connectivity index (χ0v) is 15.2. The van der Waals surface area contributed by atoms with Crippen LogP contribution in [0.15, 0.2) is 16.6 Å². The van der Waals surface area contributed by atoms with E-state index in [1.54, 1.807) is 14.2 Å². The van der Waals surface area contributed by atoms with E-state index in [1.165, 1.54) is 11.3 Å². The topological polar surface area (TPSA) is 57.4 Å². The Morgan fingerprint density at radius 2 is 1.71 bits per heavy atom. The molecule has 0 spiro atoms. The summed E-state index contributed by atoms with van der Waals surface area (Å²) in [7, 11) is 3.22. The van der Waals surface area contributed by atoms with Crippen molar-refractivity contribution in [2.75, 3.05) is 20.0 Å². The second-order valence-electron chi connectivity index (χ2n) is 5.67. The fourth-order valence-electron chi connectivity index (χ4n) is 1.88. The largest absolute Gasteiger partial charge is 0.493 e. The van der Waals surface area contributed by atoms with Crippen LogP contribution in [0.1, 0.15) is 25.8 Å². The number of ether oxygens (including phenoxy) is 2. The normalized spacial score (nSPS) is 11.5. The van der Waals surface area contributed by atoms with Crippen LogP contribution in [0.3, 0.4) is 0 Å². The molecule has 1 aromatic heterocycles. The molecule has 0 radical (unpaired) electrons.